The van der Waals surface area contributed by atoms with Crippen molar-refractivity contribution in [3.05, 3.63) is 0 Å². The molecule has 0 aliphatic carbocycles. The molecule has 0 aromatic heterocycles. The lowest BCUT2D eigenvalue weighted by Crippen LogP contribution is -2.21. The third kappa shape index (κ3) is 4.79. The first-order chi connectivity index (χ1) is 5.22. The third-order valence-corrected chi connectivity index (χ3v) is 1.71. The second-order valence-corrected chi connectivity index (χ2v) is 2.61. The van der Waals surface area contributed by atoms with E-state index in [-0.39, 0.29) is 0 Å². The van der Waals surface area contributed by atoms with Gasteiger partial charge in [-0.05, 0) is 6.42 Å². The molecular formula is C8H18N2O. The number of hydrogen-bond donors (Lipinski definition) is 1. The molecule has 3 heteroatoms. The van der Waals surface area contributed by atoms with E-state index < -0.39 is 0 Å². The van der Waals surface area contributed by atoms with Crippen LogP contribution >= 0.6 is 0 Å². The summed E-state index contributed by atoms with van der Waals surface area (Å²) in [6.45, 7) is 5.50. The van der Waals surface area contributed by atoms with E-state index in [4.69, 9.17) is 10.5 Å². The Kier molecular flexibility index (Phi) is 5.84. The number of aliphatic imine (C=N–C) groups is 1. The molecule has 0 fully saturated rings. The molecule has 3 nitrogen and oxygen atoms in total. The second kappa shape index (κ2) is 6.16. The molecule has 0 spiro atoms. The maximum Gasteiger partial charge on any atom is 0.0966 e. The fourth-order valence-electron chi connectivity index (χ4n) is 0.631. The number of hydrogen-bond acceptors (Lipinski definition) is 2. The molecule has 66 valence electrons. The van der Waals surface area contributed by atoms with E-state index in [1.807, 2.05) is 0 Å². The number of methoxy groups -OCH3 is 1. The van der Waals surface area contributed by atoms with Crippen molar-refractivity contribution in [1.82, 2.24) is 0 Å². The predicted molar refractivity (Wildman–Crippen MR) is 47.8 cm³/mol. The van der Waals surface area contributed by atoms with Gasteiger partial charge in [0.25, 0.3) is 0 Å². The molecule has 1 unspecified atom stereocenters. The molecule has 0 aliphatic heterocycles. The number of nitrogens with two attached hydrogens (primary N) is 1. The van der Waals surface area contributed by atoms with Gasteiger partial charge in [0.15, 0.2) is 0 Å². The lowest BCUT2D eigenvalue weighted by atomic mass is 10.1. The van der Waals surface area contributed by atoms with Crippen LogP contribution in [0.4, 0.5) is 0 Å². The van der Waals surface area contributed by atoms with Gasteiger partial charge < -0.3 is 10.5 Å². The third-order valence-electron chi connectivity index (χ3n) is 1.71. The van der Waals surface area contributed by atoms with E-state index in [1.54, 1.807) is 7.11 Å². The summed E-state index contributed by atoms with van der Waals surface area (Å²) in [7, 11) is 1.66. The van der Waals surface area contributed by atoms with Crippen LogP contribution < -0.4 is 5.73 Å². The standard InChI is InChI=1S/C8H18N2O/c1-4-7(2)8(9)10-5-6-11-3/h7H,4-6H2,1-3H3,(H2,9,10). The van der Waals surface area contributed by atoms with E-state index in [1.165, 1.54) is 0 Å². The first-order valence-corrected chi connectivity index (χ1v) is 4.01. The van der Waals surface area contributed by atoms with Crippen molar-refractivity contribution in [3.63, 3.8) is 0 Å². The van der Waals surface area contributed by atoms with E-state index >= 15 is 0 Å². The monoisotopic (exact) mass is 158 g/mol. The van der Waals surface area contributed by atoms with Gasteiger partial charge in [0, 0.05) is 13.0 Å². The maximum absolute atomic E-state index is 5.66. The molecule has 1 atom stereocenters. The normalized spacial score (nSPS) is 15.0. The molecule has 0 heterocycles. The predicted octanol–water partition coefficient (Wildman–Crippen LogP) is 1.04. The zero-order chi connectivity index (χ0) is 8.69. The molecule has 0 aromatic rings. The Morgan fingerprint density at radius 2 is 2.27 bits per heavy atom. The van der Waals surface area contributed by atoms with Crippen molar-refractivity contribution in [2.75, 3.05) is 20.3 Å². The first-order valence-electron chi connectivity index (χ1n) is 4.01. The van der Waals surface area contributed by atoms with Gasteiger partial charge in [0.1, 0.15) is 0 Å². The van der Waals surface area contributed by atoms with Gasteiger partial charge in [-0.1, -0.05) is 13.8 Å². The average Bonchev–Trinajstić information content (AvgIpc) is 2.03. The van der Waals surface area contributed by atoms with Crippen LogP contribution in [0, 0.1) is 5.92 Å². The molecule has 0 aromatic carbocycles. The van der Waals surface area contributed by atoms with Crippen LogP contribution in [-0.2, 0) is 4.74 Å². The van der Waals surface area contributed by atoms with E-state index in [0.717, 1.165) is 12.3 Å². The summed E-state index contributed by atoms with van der Waals surface area (Å²) in [5.41, 5.74) is 5.66. The molecular weight excluding hydrogens is 140 g/mol. The van der Waals surface area contributed by atoms with Gasteiger partial charge in [-0.25, -0.2) is 0 Å². The van der Waals surface area contributed by atoms with Crippen molar-refractivity contribution < 1.29 is 4.74 Å². The van der Waals surface area contributed by atoms with Crippen LogP contribution in [0.25, 0.3) is 0 Å². The molecule has 0 aliphatic rings. The Bertz CT molecular complexity index is 123. The maximum atomic E-state index is 5.66. The van der Waals surface area contributed by atoms with Crippen molar-refractivity contribution in [1.29, 1.82) is 0 Å². The van der Waals surface area contributed by atoms with Crippen LogP contribution in [0.2, 0.25) is 0 Å². The summed E-state index contributed by atoms with van der Waals surface area (Å²) in [6, 6.07) is 0. The van der Waals surface area contributed by atoms with Crippen LogP contribution in [0.3, 0.4) is 0 Å². The minimum atomic E-state index is 0.395. The van der Waals surface area contributed by atoms with Crippen LogP contribution in [0.15, 0.2) is 4.99 Å². The quantitative estimate of drug-likeness (QED) is 0.369. The van der Waals surface area contributed by atoms with Crippen molar-refractivity contribution in [2.24, 2.45) is 16.6 Å². The molecule has 2 N–H and O–H groups in total. The van der Waals surface area contributed by atoms with Crippen LogP contribution in [0.1, 0.15) is 20.3 Å². The molecule has 0 bridgehead atoms. The van der Waals surface area contributed by atoms with Gasteiger partial charge in [0.05, 0.1) is 19.0 Å². The molecule has 0 saturated heterocycles. The highest BCUT2D eigenvalue weighted by Crippen LogP contribution is 1.99. The Morgan fingerprint density at radius 3 is 2.73 bits per heavy atom. The van der Waals surface area contributed by atoms with Crippen molar-refractivity contribution >= 4 is 5.84 Å². The smallest absolute Gasteiger partial charge is 0.0966 e. The summed E-state index contributed by atoms with van der Waals surface area (Å²) in [6.07, 6.45) is 1.04. The molecule has 0 saturated carbocycles. The molecule has 0 rings (SSSR count). The summed E-state index contributed by atoms with van der Waals surface area (Å²) < 4.78 is 4.84. The Labute approximate surface area is 68.6 Å². The Balaban J connectivity index is 3.61. The highest BCUT2D eigenvalue weighted by atomic mass is 16.5. The molecule has 0 amide bonds. The first kappa shape index (κ1) is 10.4. The van der Waals surface area contributed by atoms with Crippen molar-refractivity contribution in [2.45, 2.75) is 20.3 Å². The largest absolute Gasteiger partial charge is 0.387 e. The topological polar surface area (TPSA) is 47.6 Å². The number of ether oxygens (including phenoxy) is 1. The summed E-state index contributed by atoms with van der Waals surface area (Å²) in [4.78, 5) is 4.15. The number of amidine groups is 1. The van der Waals surface area contributed by atoms with Crippen LogP contribution in [0.5, 0.6) is 0 Å². The van der Waals surface area contributed by atoms with E-state index in [0.29, 0.717) is 19.1 Å². The minimum Gasteiger partial charge on any atom is -0.387 e. The molecule has 11 heavy (non-hydrogen) atoms. The molecule has 0 radical (unpaired) electrons. The minimum absolute atomic E-state index is 0.395. The SMILES string of the molecule is CCC(C)C(N)=NCCOC. The number of nitrogens with zero attached hydrogens (tertiary/aromatic N) is 1. The second-order valence-electron chi connectivity index (χ2n) is 2.61. The lowest BCUT2D eigenvalue weighted by Gasteiger charge is -2.06. The average molecular weight is 158 g/mol. The fraction of sp³-hybridized carbons (Fsp3) is 0.875. The Hall–Kier alpha value is -0.570. The summed E-state index contributed by atoms with van der Waals surface area (Å²) in [5.74, 6) is 1.14. The van der Waals surface area contributed by atoms with Gasteiger partial charge in [-0.15, -0.1) is 0 Å². The van der Waals surface area contributed by atoms with Crippen LogP contribution in [-0.4, -0.2) is 26.1 Å². The van der Waals surface area contributed by atoms with Crippen molar-refractivity contribution in [3.8, 4) is 0 Å². The summed E-state index contributed by atoms with van der Waals surface area (Å²) >= 11 is 0. The van der Waals surface area contributed by atoms with Gasteiger partial charge >= 0.3 is 0 Å². The van der Waals surface area contributed by atoms with E-state index in [9.17, 15) is 0 Å². The highest BCUT2D eigenvalue weighted by Gasteiger charge is 2.01. The fourth-order valence-corrected chi connectivity index (χ4v) is 0.631. The Morgan fingerprint density at radius 1 is 1.64 bits per heavy atom. The van der Waals surface area contributed by atoms with Gasteiger partial charge in [-0.3, -0.25) is 4.99 Å². The van der Waals surface area contributed by atoms with E-state index in [2.05, 4.69) is 18.8 Å². The lowest BCUT2D eigenvalue weighted by molar-refractivity contribution is 0.208. The zero-order valence-corrected chi connectivity index (χ0v) is 7.63. The zero-order valence-electron chi connectivity index (χ0n) is 7.63. The summed E-state index contributed by atoms with van der Waals surface area (Å²) in [5, 5.41) is 0. The number of rotatable bonds is 5. The highest BCUT2D eigenvalue weighted by molar-refractivity contribution is 5.82. The van der Waals surface area contributed by atoms with Gasteiger partial charge in [0.2, 0.25) is 0 Å². The van der Waals surface area contributed by atoms with Gasteiger partial charge in [-0.2, -0.15) is 0 Å².